The molecule has 2 aliphatic carbocycles. The second-order valence-electron chi connectivity index (χ2n) is 8.83. The average molecular weight is 432 g/mol. The summed E-state index contributed by atoms with van der Waals surface area (Å²) in [5.74, 6) is -0.684. The van der Waals surface area contributed by atoms with Gasteiger partial charge in [-0.1, -0.05) is 24.3 Å². The Labute approximate surface area is 175 Å². The van der Waals surface area contributed by atoms with Gasteiger partial charge in [-0.25, -0.2) is 13.2 Å². The largest absolute Gasteiger partial charge is 0.334 e. The summed E-state index contributed by atoms with van der Waals surface area (Å²) in [6, 6.07) is 6.72. The maximum Gasteiger partial charge on any atom is 0.325 e. The first-order valence-corrected chi connectivity index (χ1v) is 12.4. The van der Waals surface area contributed by atoms with Gasteiger partial charge in [-0.3, -0.25) is 14.5 Å². The molecule has 8 nitrogen and oxygen atoms in total. The van der Waals surface area contributed by atoms with Crippen LogP contribution >= 0.6 is 0 Å². The number of urea groups is 1. The summed E-state index contributed by atoms with van der Waals surface area (Å²) in [7, 11) is -3.14. The highest BCUT2D eigenvalue weighted by Gasteiger charge is 2.55. The van der Waals surface area contributed by atoms with Crippen molar-refractivity contribution in [3.8, 4) is 0 Å². The Kier molecular flexibility index (Phi) is 4.43. The maximum atomic E-state index is 13.4. The van der Waals surface area contributed by atoms with Crippen LogP contribution in [0, 0.1) is 0 Å². The monoisotopic (exact) mass is 431 g/mol. The van der Waals surface area contributed by atoms with E-state index in [1.54, 1.807) is 4.90 Å². The number of rotatable bonds is 4. The first-order valence-electron chi connectivity index (χ1n) is 10.5. The Bertz CT molecular complexity index is 1030. The standard InChI is InChI=1S/C21H25N3O5S/c25-18(24(15-7-8-15)16-9-11-30(28,29)13-16)12-23-19(26)21(22-20(23)27)10-3-5-14-4-1-2-6-17(14)21/h1-2,4,6,15-16H,3,5,7-13H2,(H,22,27)/t16-,21-/m0/s1. The third kappa shape index (κ3) is 3.10. The van der Waals surface area contributed by atoms with Crippen LogP contribution in [0.15, 0.2) is 24.3 Å². The number of carbonyl (C=O) groups is 3. The SMILES string of the molecule is O=C1N[C@]2(CCCc3ccccc32)C(=O)N1CC(=O)N(C1CC1)[C@H]1CCS(=O)(=O)C1. The molecule has 0 unspecified atom stereocenters. The lowest BCUT2D eigenvalue weighted by Gasteiger charge is -2.33. The number of benzene rings is 1. The summed E-state index contributed by atoms with van der Waals surface area (Å²) in [4.78, 5) is 42.0. The topological polar surface area (TPSA) is 104 Å². The van der Waals surface area contributed by atoms with Crippen molar-refractivity contribution in [2.45, 2.75) is 56.1 Å². The molecule has 2 heterocycles. The van der Waals surface area contributed by atoms with Crippen LogP contribution in [0.25, 0.3) is 0 Å². The van der Waals surface area contributed by atoms with Crippen LogP contribution < -0.4 is 5.32 Å². The quantitative estimate of drug-likeness (QED) is 0.715. The lowest BCUT2D eigenvalue weighted by atomic mass is 9.76. The van der Waals surface area contributed by atoms with Gasteiger partial charge in [0.25, 0.3) is 5.91 Å². The normalized spacial score (nSPS) is 29.7. The van der Waals surface area contributed by atoms with Gasteiger partial charge in [0.1, 0.15) is 12.1 Å². The number of aryl methyl sites for hydroxylation is 1. The Morgan fingerprint density at radius 2 is 1.93 bits per heavy atom. The highest BCUT2D eigenvalue weighted by Crippen LogP contribution is 2.40. The Morgan fingerprint density at radius 3 is 2.63 bits per heavy atom. The van der Waals surface area contributed by atoms with Gasteiger partial charge in [0.15, 0.2) is 9.84 Å². The molecular weight excluding hydrogens is 406 g/mol. The van der Waals surface area contributed by atoms with E-state index in [4.69, 9.17) is 0 Å². The number of fused-ring (bicyclic) bond motifs is 2. The third-order valence-electron chi connectivity index (χ3n) is 6.77. The maximum absolute atomic E-state index is 13.4. The molecule has 2 atom stereocenters. The molecule has 0 radical (unpaired) electrons. The molecule has 0 aromatic heterocycles. The molecule has 3 fully saturated rings. The zero-order valence-electron chi connectivity index (χ0n) is 16.7. The van der Waals surface area contributed by atoms with Crippen LogP contribution in [0.3, 0.4) is 0 Å². The number of hydrogen-bond acceptors (Lipinski definition) is 5. The fourth-order valence-corrected chi connectivity index (χ4v) is 6.94. The van der Waals surface area contributed by atoms with Crippen LogP contribution in [0.4, 0.5) is 4.79 Å². The predicted octanol–water partition coefficient (Wildman–Crippen LogP) is 0.948. The molecule has 30 heavy (non-hydrogen) atoms. The van der Waals surface area contributed by atoms with Crippen molar-refractivity contribution >= 4 is 27.7 Å². The van der Waals surface area contributed by atoms with E-state index in [0.29, 0.717) is 12.8 Å². The van der Waals surface area contributed by atoms with E-state index in [9.17, 15) is 22.8 Å². The number of imide groups is 1. The summed E-state index contributed by atoms with van der Waals surface area (Å²) in [6.45, 7) is -0.346. The van der Waals surface area contributed by atoms with Crippen LogP contribution in [0.5, 0.6) is 0 Å². The fraction of sp³-hybridized carbons (Fsp3) is 0.571. The molecule has 1 aromatic carbocycles. The molecule has 160 valence electrons. The number of nitrogens with one attached hydrogen (secondary N) is 1. The second-order valence-corrected chi connectivity index (χ2v) is 11.1. The smallest absolute Gasteiger partial charge is 0.325 e. The second kappa shape index (κ2) is 6.80. The van der Waals surface area contributed by atoms with E-state index in [2.05, 4.69) is 5.32 Å². The molecule has 0 bridgehead atoms. The van der Waals surface area contributed by atoms with E-state index >= 15 is 0 Å². The fourth-order valence-electron chi connectivity index (χ4n) is 5.22. The predicted molar refractivity (Wildman–Crippen MR) is 108 cm³/mol. The van der Waals surface area contributed by atoms with Gasteiger partial charge in [0.05, 0.1) is 11.5 Å². The Morgan fingerprint density at radius 1 is 1.17 bits per heavy atom. The van der Waals surface area contributed by atoms with Crippen LogP contribution in [-0.4, -0.2) is 66.2 Å². The number of carbonyl (C=O) groups excluding carboxylic acids is 3. The first kappa shape index (κ1) is 19.5. The third-order valence-corrected chi connectivity index (χ3v) is 8.52. The number of hydrogen-bond donors (Lipinski definition) is 1. The van der Waals surface area contributed by atoms with Crippen LogP contribution in [0.2, 0.25) is 0 Å². The number of sulfone groups is 1. The van der Waals surface area contributed by atoms with Gasteiger partial charge in [-0.05, 0) is 49.7 Å². The number of amides is 4. The van der Waals surface area contributed by atoms with Gasteiger partial charge in [-0.15, -0.1) is 0 Å². The molecule has 1 spiro atoms. The van der Waals surface area contributed by atoms with Crippen molar-refractivity contribution in [3.05, 3.63) is 35.4 Å². The first-order chi connectivity index (χ1) is 14.3. The minimum atomic E-state index is -3.14. The summed E-state index contributed by atoms with van der Waals surface area (Å²) >= 11 is 0. The molecule has 5 rings (SSSR count). The van der Waals surface area contributed by atoms with E-state index in [-0.39, 0.29) is 41.9 Å². The lowest BCUT2D eigenvalue weighted by Crippen LogP contribution is -2.50. The van der Waals surface area contributed by atoms with Gasteiger partial charge in [0, 0.05) is 12.1 Å². The van der Waals surface area contributed by atoms with Crippen molar-refractivity contribution in [2.75, 3.05) is 18.1 Å². The molecule has 2 saturated heterocycles. The number of nitrogens with zero attached hydrogens (tertiary/aromatic N) is 2. The Hall–Kier alpha value is -2.42. The Balaban J connectivity index is 1.39. The highest BCUT2D eigenvalue weighted by molar-refractivity contribution is 7.91. The summed E-state index contributed by atoms with van der Waals surface area (Å²) in [5, 5.41) is 2.87. The summed E-state index contributed by atoms with van der Waals surface area (Å²) < 4.78 is 23.8. The molecular formula is C21H25N3O5S. The van der Waals surface area contributed by atoms with E-state index < -0.39 is 21.4 Å². The average Bonchev–Trinajstić information content (AvgIpc) is 3.43. The van der Waals surface area contributed by atoms with E-state index in [1.807, 2.05) is 24.3 Å². The van der Waals surface area contributed by atoms with Gasteiger partial charge in [-0.2, -0.15) is 0 Å². The van der Waals surface area contributed by atoms with Crippen molar-refractivity contribution in [1.82, 2.24) is 15.1 Å². The van der Waals surface area contributed by atoms with Crippen LogP contribution in [-0.2, 0) is 31.4 Å². The van der Waals surface area contributed by atoms with Gasteiger partial charge in [0.2, 0.25) is 5.91 Å². The lowest BCUT2D eigenvalue weighted by molar-refractivity contribution is -0.140. The van der Waals surface area contributed by atoms with Gasteiger partial charge < -0.3 is 10.2 Å². The molecule has 2 aliphatic heterocycles. The molecule has 4 aliphatic rings. The van der Waals surface area contributed by atoms with Gasteiger partial charge >= 0.3 is 6.03 Å². The van der Waals surface area contributed by atoms with Crippen molar-refractivity contribution in [1.29, 1.82) is 0 Å². The zero-order chi connectivity index (χ0) is 21.1. The summed E-state index contributed by atoms with van der Waals surface area (Å²) in [5.41, 5.74) is 0.750. The molecule has 1 aromatic rings. The van der Waals surface area contributed by atoms with Crippen molar-refractivity contribution < 1.29 is 22.8 Å². The molecule has 9 heteroatoms. The molecule has 4 amide bonds. The van der Waals surface area contributed by atoms with E-state index in [1.165, 1.54) is 0 Å². The highest BCUT2D eigenvalue weighted by atomic mass is 32.2. The molecule has 1 N–H and O–H groups in total. The minimum absolute atomic E-state index is 0.0148. The van der Waals surface area contributed by atoms with Crippen molar-refractivity contribution in [3.63, 3.8) is 0 Å². The zero-order valence-corrected chi connectivity index (χ0v) is 17.5. The molecule has 1 saturated carbocycles. The minimum Gasteiger partial charge on any atom is -0.334 e. The summed E-state index contributed by atoms with van der Waals surface area (Å²) in [6.07, 6.45) is 4.22. The van der Waals surface area contributed by atoms with Crippen LogP contribution in [0.1, 0.15) is 43.2 Å². The van der Waals surface area contributed by atoms with Crippen molar-refractivity contribution in [2.24, 2.45) is 0 Å². The van der Waals surface area contributed by atoms with E-state index in [0.717, 1.165) is 41.7 Å².